The molecule has 2 aromatic carbocycles. The fourth-order valence-electron chi connectivity index (χ4n) is 3.68. The van der Waals surface area contributed by atoms with Crippen LogP contribution in [0.4, 0.5) is 0 Å². The number of aromatic nitrogens is 1. The summed E-state index contributed by atoms with van der Waals surface area (Å²) in [6.07, 6.45) is 1.77. The fourth-order valence-corrected chi connectivity index (χ4v) is 3.85. The minimum absolute atomic E-state index is 0.0320. The second-order valence-corrected chi connectivity index (χ2v) is 7.50. The number of esters is 1. The van der Waals surface area contributed by atoms with Gasteiger partial charge in [-0.15, -0.1) is 0 Å². The van der Waals surface area contributed by atoms with Gasteiger partial charge >= 0.3 is 5.97 Å². The molecule has 0 amide bonds. The van der Waals surface area contributed by atoms with Gasteiger partial charge in [0.25, 0.3) is 5.78 Å². The molecule has 0 atom stereocenters. The normalized spacial score (nSPS) is 16.0. The Bertz CT molecular complexity index is 1150. The highest BCUT2D eigenvalue weighted by atomic mass is 35.5. The van der Waals surface area contributed by atoms with Gasteiger partial charge in [-0.3, -0.25) is 4.79 Å². The zero-order chi connectivity index (χ0) is 20.0. The highest BCUT2D eigenvalue weighted by Crippen LogP contribution is 2.32. The SMILES string of the molecule is Cc1cc(C)cc(Cn2cc(C(O)=C3COC(=O)C3=O)c3cc(Cl)ccc32)c1. The number of aliphatic hydroxyl groups excluding tert-OH is 1. The molecule has 4 rings (SSSR count). The van der Waals surface area contributed by atoms with E-state index in [1.165, 1.54) is 11.1 Å². The van der Waals surface area contributed by atoms with Gasteiger partial charge in [-0.2, -0.15) is 0 Å². The van der Waals surface area contributed by atoms with E-state index in [0.717, 1.165) is 11.1 Å². The summed E-state index contributed by atoms with van der Waals surface area (Å²) in [5.41, 5.74) is 4.75. The van der Waals surface area contributed by atoms with Crippen LogP contribution in [0.1, 0.15) is 22.3 Å². The van der Waals surface area contributed by atoms with Gasteiger partial charge in [0.2, 0.25) is 0 Å². The number of rotatable bonds is 3. The number of halogens is 1. The Labute approximate surface area is 166 Å². The topological polar surface area (TPSA) is 68.5 Å². The Morgan fingerprint density at radius 3 is 2.50 bits per heavy atom. The van der Waals surface area contributed by atoms with Gasteiger partial charge in [-0.1, -0.05) is 40.9 Å². The summed E-state index contributed by atoms with van der Waals surface area (Å²) in [5.74, 6) is -2.00. The summed E-state index contributed by atoms with van der Waals surface area (Å²) in [6.45, 7) is 4.46. The van der Waals surface area contributed by atoms with Crippen LogP contribution in [0, 0.1) is 13.8 Å². The molecule has 0 saturated carbocycles. The maximum absolute atomic E-state index is 12.0. The van der Waals surface area contributed by atoms with Crippen molar-refractivity contribution in [3.8, 4) is 0 Å². The first-order chi connectivity index (χ1) is 13.3. The van der Waals surface area contributed by atoms with Crippen molar-refractivity contribution in [2.24, 2.45) is 0 Å². The molecule has 2 heterocycles. The fraction of sp³-hybridized carbons (Fsp3) is 0.182. The average Bonchev–Trinajstić information content (AvgIpc) is 3.14. The molecule has 1 N–H and O–H groups in total. The van der Waals surface area contributed by atoms with E-state index in [0.29, 0.717) is 22.5 Å². The van der Waals surface area contributed by atoms with Crippen LogP contribution < -0.4 is 0 Å². The van der Waals surface area contributed by atoms with Crippen LogP contribution in [0.3, 0.4) is 0 Å². The number of aliphatic hydroxyl groups is 1. The van der Waals surface area contributed by atoms with E-state index in [1.54, 1.807) is 18.3 Å². The number of benzene rings is 2. The summed E-state index contributed by atoms with van der Waals surface area (Å²) in [6, 6.07) is 11.7. The number of hydrogen-bond acceptors (Lipinski definition) is 4. The standard InChI is InChI=1S/C22H18ClNO4/c1-12-5-13(2)7-14(6-12)9-24-10-17(16-8-15(23)3-4-19(16)24)20(25)18-11-28-22(27)21(18)26/h3-8,10,25H,9,11H2,1-2H3. The number of carbonyl (C=O) groups is 2. The Morgan fingerprint density at radius 2 is 1.86 bits per heavy atom. The van der Waals surface area contributed by atoms with Gasteiger partial charge in [-0.25, -0.2) is 4.79 Å². The first kappa shape index (κ1) is 18.3. The zero-order valence-corrected chi connectivity index (χ0v) is 16.2. The number of fused-ring (bicyclic) bond motifs is 1. The minimum Gasteiger partial charge on any atom is -0.507 e. The molecular weight excluding hydrogens is 378 g/mol. The van der Waals surface area contributed by atoms with E-state index >= 15 is 0 Å². The van der Waals surface area contributed by atoms with Crippen molar-refractivity contribution in [2.45, 2.75) is 20.4 Å². The van der Waals surface area contributed by atoms with Crippen LogP contribution in [0.5, 0.6) is 0 Å². The van der Waals surface area contributed by atoms with Gasteiger partial charge in [-0.05, 0) is 37.6 Å². The van der Waals surface area contributed by atoms with Gasteiger partial charge < -0.3 is 14.4 Å². The third-order valence-corrected chi connectivity index (χ3v) is 5.06. The van der Waals surface area contributed by atoms with Crippen molar-refractivity contribution in [3.63, 3.8) is 0 Å². The van der Waals surface area contributed by atoms with E-state index in [4.69, 9.17) is 16.3 Å². The minimum atomic E-state index is -0.946. The number of hydrogen-bond donors (Lipinski definition) is 1. The van der Waals surface area contributed by atoms with Gasteiger partial charge in [0.15, 0.2) is 0 Å². The predicted octanol–water partition coefficient (Wildman–Crippen LogP) is 4.35. The van der Waals surface area contributed by atoms with Crippen LogP contribution in [-0.4, -0.2) is 28.0 Å². The summed E-state index contributed by atoms with van der Waals surface area (Å²) in [4.78, 5) is 23.4. The third kappa shape index (κ3) is 3.18. The largest absolute Gasteiger partial charge is 0.507 e. The lowest BCUT2D eigenvalue weighted by Gasteiger charge is -2.08. The molecule has 1 aliphatic rings. The predicted molar refractivity (Wildman–Crippen MR) is 107 cm³/mol. The van der Waals surface area contributed by atoms with Gasteiger partial charge in [0, 0.05) is 34.2 Å². The second-order valence-electron chi connectivity index (χ2n) is 7.06. The highest BCUT2D eigenvalue weighted by molar-refractivity contribution is 6.43. The number of cyclic esters (lactones) is 1. The molecule has 1 saturated heterocycles. The van der Waals surface area contributed by atoms with Crippen molar-refractivity contribution < 1.29 is 19.4 Å². The lowest BCUT2D eigenvalue weighted by atomic mass is 10.1. The van der Waals surface area contributed by atoms with Crippen molar-refractivity contribution >= 4 is 40.0 Å². The maximum atomic E-state index is 12.0. The van der Waals surface area contributed by atoms with E-state index in [9.17, 15) is 14.7 Å². The van der Waals surface area contributed by atoms with Crippen molar-refractivity contribution in [3.05, 3.63) is 75.4 Å². The van der Waals surface area contributed by atoms with Gasteiger partial charge in [0.05, 0.1) is 5.57 Å². The van der Waals surface area contributed by atoms with Crippen LogP contribution in [0.2, 0.25) is 5.02 Å². The molecule has 0 unspecified atom stereocenters. The summed E-state index contributed by atoms with van der Waals surface area (Å²) < 4.78 is 6.74. The number of carbonyl (C=O) groups excluding carboxylic acids is 2. The van der Waals surface area contributed by atoms with Crippen LogP contribution in [0.25, 0.3) is 16.7 Å². The summed E-state index contributed by atoms with van der Waals surface area (Å²) in [7, 11) is 0. The van der Waals surface area contributed by atoms with E-state index < -0.39 is 11.8 Å². The first-order valence-corrected chi connectivity index (χ1v) is 9.21. The molecule has 0 radical (unpaired) electrons. The quantitative estimate of drug-likeness (QED) is 0.310. The lowest BCUT2D eigenvalue weighted by molar-refractivity contribution is -0.146. The second kappa shape index (κ2) is 6.84. The molecule has 28 heavy (non-hydrogen) atoms. The summed E-state index contributed by atoms with van der Waals surface area (Å²) in [5, 5.41) is 12.0. The third-order valence-electron chi connectivity index (χ3n) is 4.83. The smallest absolute Gasteiger partial charge is 0.379 e. The Balaban J connectivity index is 1.87. The van der Waals surface area contributed by atoms with Crippen LogP contribution in [-0.2, 0) is 20.9 Å². The Kier molecular flexibility index (Phi) is 4.47. The average molecular weight is 396 g/mol. The Hall–Kier alpha value is -3.05. The monoisotopic (exact) mass is 395 g/mol. The number of nitrogens with zero attached hydrogens (tertiary/aromatic N) is 1. The number of ketones is 1. The van der Waals surface area contributed by atoms with Crippen molar-refractivity contribution in [1.29, 1.82) is 0 Å². The lowest BCUT2D eigenvalue weighted by Crippen LogP contribution is -2.08. The zero-order valence-electron chi connectivity index (χ0n) is 15.5. The molecule has 0 aliphatic carbocycles. The first-order valence-electron chi connectivity index (χ1n) is 8.83. The summed E-state index contributed by atoms with van der Waals surface area (Å²) >= 11 is 6.17. The Morgan fingerprint density at radius 1 is 1.14 bits per heavy atom. The van der Waals surface area contributed by atoms with E-state index in [-0.39, 0.29) is 17.9 Å². The van der Waals surface area contributed by atoms with Gasteiger partial charge in [0.1, 0.15) is 12.4 Å². The molecule has 1 fully saturated rings. The molecule has 5 nitrogen and oxygen atoms in total. The molecule has 6 heteroatoms. The van der Waals surface area contributed by atoms with E-state index in [1.807, 2.05) is 10.6 Å². The number of ether oxygens (including phenoxy) is 1. The van der Waals surface area contributed by atoms with Crippen molar-refractivity contribution in [1.82, 2.24) is 4.57 Å². The highest BCUT2D eigenvalue weighted by Gasteiger charge is 2.33. The number of aryl methyl sites for hydroxylation is 2. The molecule has 3 aromatic rings. The molecule has 0 bridgehead atoms. The maximum Gasteiger partial charge on any atom is 0.379 e. The van der Waals surface area contributed by atoms with Crippen molar-refractivity contribution in [2.75, 3.05) is 6.61 Å². The molecule has 1 aromatic heterocycles. The van der Waals surface area contributed by atoms with E-state index in [2.05, 4.69) is 32.0 Å². The molecule has 1 aliphatic heterocycles. The molecule has 0 spiro atoms. The molecular formula is C22H18ClNO4. The molecule has 142 valence electrons. The van der Waals surface area contributed by atoms with Crippen LogP contribution >= 0.6 is 11.6 Å². The number of Topliss-reactive ketones (excluding diaryl/α,β-unsaturated/α-hetero) is 1. The van der Waals surface area contributed by atoms with Crippen LogP contribution in [0.15, 0.2) is 48.2 Å².